The van der Waals surface area contributed by atoms with Crippen molar-refractivity contribution in [3.63, 3.8) is 0 Å². The third-order valence-electron chi connectivity index (χ3n) is 4.89. The molecular formula is C25H17FN2. The number of pyridine rings is 1. The van der Waals surface area contributed by atoms with E-state index >= 15 is 0 Å². The summed E-state index contributed by atoms with van der Waals surface area (Å²) >= 11 is 0. The van der Waals surface area contributed by atoms with Gasteiger partial charge < -0.3 is 0 Å². The average Bonchev–Trinajstić information content (AvgIpc) is 3.14. The summed E-state index contributed by atoms with van der Waals surface area (Å²) in [6.07, 6.45) is 2.01. The molecule has 0 saturated carbocycles. The molecule has 5 rings (SSSR count). The topological polar surface area (TPSA) is 17.3 Å². The largest absolute Gasteiger partial charge is 0.299 e. The van der Waals surface area contributed by atoms with E-state index in [4.69, 9.17) is 4.98 Å². The van der Waals surface area contributed by atoms with E-state index < -0.39 is 0 Å². The summed E-state index contributed by atoms with van der Waals surface area (Å²) in [6.45, 7) is 0. The first-order valence-electron chi connectivity index (χ1n) is 9.18. The maximum Gasteiger partial charge on any atom is 0.137 e. The van der Waals surface area contributed by atoms with E-state index in [9.17, 15) is 4.39 Å². The van der Waals surface area contributed by atoms with Crippen LogP contribution in [0.4, 0.5) is 4.39 Å². The number of benzene rings is 3. The first-order chi connectivity index (χ1) is 13.8. The van der Waals surface area contributed by atoms with Gasteiger partial charge in [-0.3, -0.25) is 4.40 Å². The van der Waals surface area contributed by atoms with Gasteiger partial charge >= 0.3 is 0 Å². The smallest absolute Gasteiger partial charge is 0.137 e. The van der Waals surface area contributed by atoms with Crippen molar-refractivity contribution >= 4 is 5.65 Å². The Balaban J connectivity index is 1.75. The molecule has 28 heavy (non-hydrogen) atoms. The van der Waals surface area contributed by atoms with Crippen LogP contribution < -0.4 is 0 Å². The first kappa shape index (κ1) is 16.5. The minimum atomic E-state index is -0.250. The van der Waals surface area contributed by atoms with Gasteiger partial charge in [0.2, 0.25) is 0 Å². The van der Waals surface area contributed by atoms with Crippen LogP contribution in [0.5, 0.6) is 0 Å². The zero-order chi connectivity index (χ0) is 18.9. The van der Waals surface area contributed by atoms with Crippen molar-refractivity contribution in [1.82, 2.24) is 9.38 Å². The first-order valence-corrected chi connectivity index (χ1v) is 9.18. The summed E-state index contributed by atoms with van der Waals surface area (Å²) in [6, 6.07) is 31.2. The Morgan fingerprint density at radius 1 is 0.607 bits per heavy atom. The Hall–Kier alpha value is -3.72. The summed E-state index contributed by atoms with van der Waals surface area (Å²) in [7, 11) is 0. The van der Waals surface area contributed by atoms with Crippen LogP contribution in [0.1, 0.15) is 0 Å². The van der Waals surface area contributed by atoms with Gasteiger partial charge in [-0.05, 0) is 53.6 Å². The SMILES string of the molecule is Fc1ccc(-c2nc3ccccn3c2-c2cccc(-c3ccccc3)c2)cc1. The minimum Gasteiger partial charge on any atom is -0.299 e. The quantitative estimate of drug-likeness (QED) is 0.358. The molecule has 0 spiro atoms. The standard InChI is InChI=1S/C25H17FN2/c26-22-14-12-19(13-15-22)24-25(28-16-5-4-11-23(28)27-24)21-10-6-9-20(17-21)18-7-2-1-3-8-18/h1-17H. The maximum atomic E-state index is 13.4. The molecule has 0 saturated heterocycles. The Bertz CT molecular complexity index is 1250. The van der Waals surface area contributed by atoms with Crippen LogP contribution in [0.15, 0.2) is 103 Å². The molecule has 0 N–H and O–H groups in total. The second-order valence-corrected chi connectivity index (χ2v) is 6.69. The van der Waals surface area contributed by atoms with Gasteiger partial charge in [0.05, 0.1) is 11.4 Å². The molecule has 0 bridgehead atoms. The molecule has 2 aromatic heterocycles. The van der Waals surface area contributed by atoms with Crippen LogP contribution in [0.3, 0.4) is 0 Å². The molecule has 5 aromatic rings. The van der Waals surface area contributed by atoms with E-state index in [0.717, 1.165) is 33.7 Å². The number of nitrogens with zero attached hydrogens (tertiary/aromatic N) is 2. The Morgan fingerprint density at radius 3 is 2.14 bits per heavy atom. The zero-order valence-corrected chi connectivity index (χ0v) is 15.1. The van der Waals surface area contributed by atoms with Gasteiger partial charge in [0.25, 0.3) is 0 Å². The fourth-order valence-electron chi connectivity index (χ4n) is 3.56. The zero-order valence-electron chi connectivity index (χ0n) is 15.1. The summed E-state index contributed by atoms with van der Waals surface area (Å²) in [5.41, 5.74) is 6.98. The molecule has 3 heteroatoms. The second-order valence-electron chi connectivity index (χ2n) is 6.69. The number of imidazole rings is 1. The number of halogens is 1. The van der Waals surface area contributed by atoms with Crippen LogP contribution in [-0.2, 0) is 0 Å². The van der Waals surface area contributed by atoms with E-state index in [1.165, 1.54) is 17.7 Å². The van der Waals surface area contributed by atoms with Gasteiger partial charge in [-0.1, -0.05) is 54.6 Å². The molecule has 3 aromatic carbocycles. The lowest BCUT2D eigenvalue weighted by atomic mass is 9.99. The predicted molar refractivity (Wildman–Crippen MR) is 111 cm³/mol. The highest BCUT2D eigenvalue weighted by atomic mass is 19.1. The molecule has 2 nitrogen and oxygen atoms in total. The fraction of sp³-hybridized carbons (Fsp3) is 0. The molecule has 0 amide bonds. The molecule has 134 valence electrons. The van der Waals surface area contributed by atoms with E-state index in [2.05, 4.69) is 40.8 Å². The molecule has 0 aliphatic carbocycles. The molecule has 0 unspecified atom stereocenters. The monoisotopic (exact) mass is 364 g/mol. The summed E-state index contributed by atoms with van der Waals surface area (Å²) in [5.74, 6) is -0.250. The van der Waals surface area contributed by atoms with Gasteiger partial charge in [-0.2, -0.15) is 0 Å². The van der Waals surface area contributed by atoms with Gasteiger partial charge in [0.15, 0.2) is 0 Å². The maximum absolute atomic E-state index is 13.4. The Labute approximate surface area is 162 Å². The summed E-state index contributed by atoms with van der Waals surface area (Å²) < 4.78 is 15.5. The molecule has 0 fully saturated rings. The Kier molecular flexibility index (Phi) is 3.99. The van der Waals surface area contributed by atoms with Crippen molar-refractivity contribution < 1.29 is 4.39 Å². The molecule has 0 aliphatic heterocycles. The third kappa shape index (κ3) is 2.87. The van der Waals surface area contributed by atoms with E-state index in [0.29, 0.717) is 0 Å². The highest BCUT2D eigenvalue weighted by Gasteiger charge is 2.16. The van der Waals surface area contributed by atoms with Crippen LogP contribution in [0.25, 0.3) is 39.3 Å². The van der Waals surface area contributed by atoms with E-state index in [1.54, 1.807) is 12.1 Å². The van der Waals surface area contributed by atoms with Crippen molar-refractivity contribution in [3.05, 3.63) is 109 Å². The third-order valence-corrected chi connectivity index (χ3v) is 4.89. The fourth-order valence-corrected chi connectivity index (χ4v) is 3.56. The molecular weight excluding hydrogens is 347 g/mol. The number of aromatic nitrogens is 2. The van der Waals surface area contributed by atoms with Gasteiger partial charge in [-0.25, -0.2) is 9.37 Å². The highest BCUT2D eigenvalue weighted by Crippen LogP contribution is 2.34. The van der Waals surface area contributed by atoms with E-state index in [1.807, 2.05) is 42.6 Å². The van der Waals surface area contributed by atoms with E-state index in [-0.39, 0.29) is 5.82 Å². The van der Waals surface area contributed by atoms with Gasteiger partial charge in [0, 0.05) is 17.3 Å². The van der Waals surface area contributed by atoms with Crippen molar-refractivity contribution in [3.8, 4) is 33.6 Å². The highest BCUT2D eigenvalue weighted by molar-refractivity contribution is 5.84. The second kappa shape index (κ2) is 6.78. The number of hydrogen-bond donors (Lipinski definition) is 0. The number of fused-ring (bicyclic) bond motifs is 1. The molecule has 0 atom stereocenters. The number of rotatable bonds is 3. The lowest BCUT2D eigenvalue weighted by Gasteiger charge is -2.09. The van der Waals surface area contributed by atoms with Crippen LogP contribution in [0, 0.1) is 5.82 Å². The van der Waals surface area contributed by atoms with Crippen LogP contribution in [-0.4, -0.2) is 9.38 Å². The van der Waals surface area contributed by atoms with Crippen molar-refractivity contribution in [2.45, 2.75) is 0 Å². The Morgan fingerprint density at radius 2 is 1.32 bits per heavy atom. The normalized spacial score (nSPS) is 11.0. The van der Waals surface area contributed by atoms with Crippen LogP contribution in [0.2, 0.25) is 0 Å². The molecule has 0 radical (unpaired) electrons. The summed E-state index contributed by atoms with van der Waals surface area (Å²) in [4.78, 5) is 4.83. The predicted octanol–water partition coefficient (Wildman–Crippen LogP) is 6.47. The van der Waals surface area contributed by atoms with Gasteiger partial charge in [-0.15, -0.1) is 0 Å². The lowest BCUT2D eigenvalue weighted by Crippen LogP contribution is -1.90. The molecule has 0 aliphatic rings. The van der Waals surface area contributed by atoms with Gasteiger partial charge in [0.1, 0.15) is 11.5 Å². The van der Waals surface area contributed by atoms with Crippen molar-refractivity contribution in [2.24, 2.45) is 0 Å². The summed E-state index contributed by atoms with van der Waals surface area (Å²) in [5, 5.41) is 0. The molecule has 2 heterocycles. The van der Waals surface area contributed by atoms with Crippen molar-refractivity contribution in [1.29, 1.82) is 0 Å². The minimum absolute atomic E-state index is 0.250. The number of hydrogen-bond acceptors (Lipinski definition) is 1. The van der Waals surface area contributed by atoms with Crippen LogP contribution >= 0.6 is 0 Å². The lowest BCUT2D eigenvalue weighted by molar-refractivity contribution is 0.628. The van der Waals surface area contributed by atoms with Crippen molar-refractivity contribution in [2.75, 3.05) is 0 Å². The average molecular weight is 364 g/mol.